The molecule has 1 aliphatic rings. The average molecular weight is 496 g/mol. The van der Waals surface area contributed by atoms with Crippen LogP contribution in [0.4, 0.5) is 11.4 Å². The number of aromatic nitrogens is 2. The Morgan fingerprint density at radius 3 is 2.69 bits per heavy atom. The van der Waals surface area contributed by atoms with Gasteiger partial charge in [0.25, 0.3) is 11.8 Å². The zero-order chi connectivity index (χ0) is 25.7. The largest absolute Gasteiger partial charge is 0.493 e. The van der Waals surface area contributed by atoms with Crippen molar-refractivity contribution in [3.05, 3.63) is 68.3 Å². The smallest absolute Gasteiger partial charge is 0.395 e. The molecule has 0 atom stereocenters. The molecule has 0 saturated carbocycles. The molecule has 1 amide bonds. The van der Waals surface area contributed by atoms with Crippen molar-refractivity contribution in [3.63, 3.8) is 0 Å². The number of carbonyl (C=O) groups is 1. The van der Waals surface area contributed by atoms with Crippen LogP contribution >= 0.6 is 0 Å². The van der Waals surface area contributed by atoms with Gasteiger partial charge in [-0.15, -0.1) is 0 Å². The summed E-state index contributed by atoms with van der Waals surface area (Å²) in [7, 11) is 1.43. The fourth-order valence-corrected chi connectivity index (χ4v) is 3.26. The van der Waals surface area contributed by atoms with Crippen LogP contribution in [0.1, 0.15) is 11.4 Å². The van der Waals surface area contributed by atoms with Gasteiger partial charge >= 0.3 is 11.2 Å². The first-order valence-corrected chi connectivity index (χ1v) is 10.5. The first kappa shape index (κ1) is 24.1. The van der Waals surface area contributed by atoms with Crippen molar-refractivity contribution < 1.29 is 33.8 Å². The van der Waals surface area contributed by atoms with E-state index in [9.17, 15) is 24.8 Å². The lowest BCUT2D eigenvalue weighted by atomic mass is 10.2. The minimum atomic E-state index is -1.08. The number of hydrogen-bond donors (Lipinski definition) is 3. The van der Waals surface area contributed by atoms with Crippen LogP contribution in [-0.4, -0.2) is 52.8 Å². The Bertz CT molecular complexity index is 1400. The molecule has 1 aromatic heterocycles. The minimum Gasteiger partial charge on any atom is -0.493 e. The van der Waals surface area contributed by atoms with Gasteiger partial charge in [-0.3, -0.25) is 19.7 Å². The van der Waals surface area contributed by atoms with Crippen molar-refractivity contribution in [2.24, 2.45) is 0 Å². The number of anilines is 1. The number of ether oxygens (including phenoxy) is 4. The summed E-state index contributed by atoms with van der Waals surface area (Å²) in [6, 6.07) is 9.91. The second kappa shape index (κ2) is 10.5. The van der Waals surface area contributed by atoms with Gasteiger partial charge in [0.2, 0.25) is 0 Å². The van der Waals surface area contributed by atoms with Crippen molar-refractivity contribution in [1.82, 2.24) is 9.97 Å². The lowest BCUT2D eigenvalue weighted by Crippen LogP contribution is -2.21. The number of aromatic amines is 1. The van der Waals surface area contributed by atoms with Crippen LogP contribution in [0.2, 0.25) is 0 Å². The first-order valence-electron chi connectivity index (χ1n) is 10.5. The predicted molar refractivity (Wildman–Crippen MR) is 127 cm³/mol. The lowest BCUT2D eigenvalue weighted by Gasteiger charge is -2.19. The van der Waals surface area contributed by atoms with Gasteiger partial charge in [-0.25, -0.2) is 0 Å². The molecule has 13 nitrogen and oxygen atoms in total. The molecule has 3 N–H and O–H groups in total. The van der Waals surface area contributed by atoms with E-state index >= 15 is 0 Å². The number of nitrogens with zero attached hydrogens (tertiary/aromatic N) is 2. The van der Waals surface area contributed by atoms with Gasteiger partial charge in [0.1, 0.15) is 19.0 Å². The number of hydrogen-bond acceptors (Lipinski definition) is 10. The lowest BCUT2D eigenvalue weighted by molar-refractivity contribution is -0.387. The van der Waals surface area contributed by atoms with Crippen LogP contribution < -0.4 is 29.8 Å². The fraction of sp³-hybridized carbons (Fsp3) is 0.174. The highest BCUT2D eigenvalue weighted by Crippen LogP contribution is 2.33. The zero-order valence-corrected chi connectivity index (χ0v) is 18.8. The SMILES string of the molecule is COc1cc(/C=C/c2nc(O)c([N+](=O)[O-])c(=O)[nH]2)ccc1OCC(=O)Nc1ccc2c(c1)OCCO2. The van der Waals surface area contributed by atoms with E-state index in [2.05, 4.69) is 15.3 Å². The summed E-state index contributed by atoms with van der Waals surface area (Å²) in [5.41, 5.74) is -0.985. The predicted octanol–water partition coefficient (Wildman–Crippen LogP) is 2.35. The van der Waals surface area contributed by atoms with Crippen molar-refractivity contribution in [2.75, 3.05) is 32.2 Å². The zero-order valence-electron chi connectivity index (χ0n) is 18.8. The maximum atomic E-state index is 12.3. The Labute approximate surface area is 203 Å². The monoisotopic (exact) mass is 496 g/mol. The van der Waals surface area contributed by atoms with Gasteiger partial charge < -0.3 is 34.4 Å². The molecule has 4 rings (SSSR count). The highest BCUT2D eigenvalue weighted by Gasteiger charge is 2.21. The van der Waals surface area contributed by atoms with E-state index < -0.39 is 28.0 Å². The molecule has 2 aromatic carbocycles. The molecule has 0 bridgehead atoms. The second-order valence-electron chi connectivity index (χ2n) is 7.32. The molecular formula is C23H20N4O9. The molecule has 13 heteroatoms. The van der Waals surface area contributed by atoms with E-state index in [0.717, 1.165) is 0 Å². The summed E-state index contributed by atoms with van der Waals surface area (Å²) in [6.45, 7) is 0.622. The normalized spacial score (nSPS) is 12.2. The summed E-state index contributed by atoms with van der Waals surface area (Å²) in [6.07, 6.45) is 2.88. The summed E-state index contributed by atoms with van der Waals surface area (Å²) in [4.78, 5) is 39.7. The van der Waals surface area contributed by atoms with E-state index in [0.29, 0.717) is 47.5 Å². The summed E-state index contributed by atoms with van der Waals surface area (Å²) >= 11 is 0. The molecule has 0 spiro atoms. The molecule has 0 fully saturated rings. The molecule has 0 aliphatic carbocycles. The quantitative estimate of drug-likeness (QED) is 0.310. The third-order valence-electron chi connectivity index (χ3n) is 4.88. The number of aromatic hydroxyl groups is 1. The summed E-state index contributed by atoms with van der Waals surface area (Å²) in [5.74, 6) is 0.335. The van der Waals surface area contributed by atoms with Crippen molar-refractivity contribution in [1.29, 1.82) is 0 Å². The molecule has 36 heavy (non-hydrogen) atoms. The number of nitrogens with one attached hydrogen (secondary N) is 2. The topological polar surface area (TPSA) is 175 Å². The van der Waals surface area contributed by atoms with Gasteiger partial charge in [-0.2, -0.15) is 4.98 Å². The maximum Gasteiger partial charge on any atom is 0.395 e. The molecule has 0 saturated heterocycles. The Hall–Kier alpha value is -5.07. The molecule has 2 heterocycles. The van der Waals surface area contributed by atoms with Crippen molar-refractivity contribution in [2.45, 2.75) is 0 Å². The Morgan fingerprint density at radius 1 is 1.19 bits per heavy atom. The van der Waals surface area contributed by atoms with Crippen LogP contribution in [0, 0.1) is 10.1 Å². The Kier molecular flexibility index (Phi) is 6.99. The van der Waals surface area contributed by atoms with E-state index in [4.69, 9.17) is 18.9 Å². The summed E-state index contributed by atoms with van der Waals surface area (Å²) < 4.78 is 21.9. The van der Waals surface area contributed by atoms with Crippen LogP contribution in [-0.2, 0) is 4.79 Å². The average Bonchev–Trinajstić information content (AvgIpc) is 2.85. The Morgan fingerprint density at radius 2 is 1.97 bits per heavy atom. The van der Waals surface area contributed by atoms with Crippen LogP contribution in [0.5, 0.6) is 28.9 Å². The highest BCUT2D eigenvalue weighted by molar-refractivity contribution is 5.92. The maximum absolute atomic E-state index is 12.3. The van der Waals surface area contributed by atoms with E-state index in [1.54, 1.807) is 36.4 Å². The third kappa shape index (κ3) is 5.52. The van der Waals surface area contributed by atoms with E-state index in [1.165, 1.54) is 19.3 Å². The van der Waals surface area contributed by atoms with E-state index in [-0.39, 0.29) is 12.4 Å². The number of benzene rings is 2. The number of nitro groups is 1. The Balaban J connectivity index is 1.40. The number of methoxy groups -OCH3 is 1. The number of carbonyl (C=O) groups excluding carboxylic acids is 1. The molecule has 0 radical (unpaired) electrons. The third-order valence-corrected chi connectivity index (χ3v) is 4.88. The molecule has 3 aromatic rings. The molecule has 0 unspecified atom stereocenters. The van der Waals surface area contributed by atoms with Crippen molar-refractivity contribution in [3.8, 4) is 28.9 Å². The highest BCUT2D eigenvalue weighted by atomic mass is 16.6. The van der Waals surface area contributed by atoms with Crippen LogP contribution in [0.25, 0.3) is 12.2 Å². The van der Waals surface area contributed by atoms with Crippen LogP contribution in [0.3, 0.4) is 0 Å². The van der Waals surface area contributed by atoms with Gasteiger partial charge in [-0.05, 0) is 35.9 Å². The minimum absolute atomic E-state index is 0.0850. The van der Waals surface area contributed by atoms with Crippen LogP contribution in [0.15, 0.2) is 41.2 Å². The molecular weight excluding hydrogens is 476 g/mol. The van der Waals surface area contributed by atoms with Gasteiger partial charge in [0.05, 0.1) is 12.0 Å². The standard InChI is InChI=1S/C23H20N4O9/c1-33-17-10-13(3-7-19-25-22(29)21(27(31)32)23(30)26-19)2-5-15(17)36-12-20(28)24-14-4-6-16-18(11-14)35-9-8-34-16/h2-7,10-11H,8-9,12H2,1H3,(H,24,28)(H2,25,26,29,30)/b7-3+. The van der Waals surface area contributed by atoms with Gasteiger partial charge in [0, 0.05) is 11.8 Å². The first-order chi connectivity index (χ1) is 17.3. The second-order valence-corrected chi connectivity index (χ2v) is 7.32. The summed E-state index contributed by atoms with van der Waals surface area (Å²) in [5, 5.41) is 23.1. The number of rotatable bonds is 8. The van der Waals surface area contributed by atoms with E-state index in [1.807, 2.05) is 0 Å². The van der Waals surface area contributed by atoms with Crippen molar-refractivity contribution >= 4 is 29.4 Å². The van der Waals surface area contributed by atoms with Gasteiger partial charge in [0.15, 0.2) is 29.6 Å². The number of fused-ring (bicyclic) bond motifs is 1. The molecule has 1 aliphatic heterocycles. The fourth-order valence-electron chi connectivity index (χ4n) is 3.26. The van der Waals surface area contributed by atoms with Gasteiger partial charge in [-0.1, -0.05) is 12.1 Å². The number of amides is 1. The number of H-pyrrole nitrogens is 1. The molecule has 186 valence electrons.